The monoisotopic (exact) mass is 204 g/mol. The molecule has 3 N–H and O–H groups in total. The predicted octanol–water partition coefficient (Wildman–Crippen LogP) is 1.28. The molecule has 0 saturated heterocycles. The number of carboxylic acids is 1. The second kappa shape index (κ2) is 4.58. The van der Waals surface area contributed by atoms with E-state index in [2.05, 4.69) is 0 Å². The molecular weight excluding hydrogens is 192 g/mol. The minimum atomic E-state index is -1.08. The third-order valence-corrected chi connectivity index (χ3v) is 2.33. The van der Waals surface area contributed by atoms with Crippen molar-refractivity contribution in [2.75, 3.05) is 0 Å². The van der Waals surface area contributed by atoms with E-state index in [1.807, 2.05) is 13.0 Å². The lowest BCUT2D eigenvalue weighted by atomic mass is 9.95. The highest BCUT2D eigenvalue weighted by atomic mass is 16.4. The molecule has 78 valence electrons. The summed E-state index contributed by atoms with van der Waals surface area (Å²) in [5, 5.41) is 17.8. The number of nitriles is 1. The van der Waals surface area contributed by atoms with Crippen LogP contribution in [0.1, 0.15) is 34.0 Å². The van der Waals surface area contributed by atoms with Gasteiger partial charge in [0.05, 0.1) is 11.1 Å². The predicted molar refractivity (Wildman–Crippen MR) is 55.4 cm³/mol. The van der Waals surface area contributed by atoms with Crippen LogP contribution in [0.15, 0.2) is 12.1 Å². The standard InChI is InChI=1S/C11H12N2O2/c1-2-8-7(5-12)3-4-9(11(14)15)10(8)6-13/h3-4H,2,5,12H2,1H3,(H,14,15). The number of benzene rings is 1. The van der Waals surface area contributed by atoms with E-state index in [1.54, 1.807) is 6.07 Å². The molecule has 15 heavy (non-hydrogen) atoms. The van der Waals surface area contributed by atoms with Gasteiger partial charge in [0.1, 0.15) is 6.07 Å². The Kier molecular flexibility index (Phi) is 3.42. The molecule has 0 radical (unpaired) electrons. The Morgan fingerprint density at radius 3 is 2.67 bits per heavy atom. The van der Waals surface area contributed by atoms with E-state index in [0.29, 0.717) is 13.0 Å². The molecule has 0 saturated carbocycles. The van der Waals surface area contributed by atoms with Crippen LogP contribution in [0.3, 0.4) is 0 Å². The number of carboxylic acid groups (broad SMARTS) is 1. The van der Waals surface area contributed by atoms with Crippen LogP contribution >= 0.6 is 0 Å². The lowest BCUT2D eigenvalue weighted by molar-refractivity contribution is 0.0696. The molecule has 0 aliphatic carbocycles. The second-order valence-electron chi connectivity index (χ2n) is 3.10. The molecular formula is C11H12N2O2. The van der Waals surface area contributed by atoms with Crippen molar-refractivity contribution in [3.8, 4) is 6.07 Å². The molecule has 0 atom stereocenters. The van der Waals surface area contributed by atoms with Gasteiger partial charge in [-0.2, -0.15) is 5.26 Å². The van der Waals surface area contributed by atoms with Gasteiger partial charge in [-0.05, 0) is 23.6 Å². The first-order chi connectivity index (χ1) is 7.15. The average Bonchev–Trinajstić information content (AvgIpc) is 2.26. The summed E-state index contributed by atoms with van der Waals surface area (Å²) in [6.45, 7) is 2.19. The van der Waals surface area contributed by atoms with E-state index >= 15 is 0 Å². The Morgan fingerprint density at radius 1 is 1.60 bits per heavy atom. The Labute approximate surface area is 87.9 Å². The molecule has 0 bridgehead atoms. The van der Waals surface area contributed by atoms with Gasteiger partial charge in [0.25, 0.3) is 0 Å². The van der Waals surface area contributed by atoms with E-state index < -0.39 is 5.97 Å². The van der Waals surface area contributed by atoms with Crippen molar-refractivity contribution in [1.82, 2.24) is 0 Å². The Bertz CT molecular complexity index is 433. The van der Waals surface area contributed by atoms with Crippen LogP contribution in [0, 0.1) is 11.3 Å². The maximum absolute atomic E-state index is 10.9. The van der Waals surface area contributed by atoms with Crippen molar-refractivity contribution in [3.63, 3.8) is 0 Å². The molecule has 1 aromatic carbocycles. The molecule has 0 unspecified atom stereocenters. The zero-order valence-electron chi connectivity index (χ0n) is 8.45. The average molecular weight is 204 g/mol. The van der Waals surface area contributed by atoms with Gasteiger partial charge in [0, 0.05) is 6.54 Å². The molecule has 1 aromatic rings. The smallest absolute Gasteiger partial charge is 0.337 e. The zero-order valence-corrected chi connectivity index (χ0v) is 8.45. The van der Waals surface area contributed by atoms with E-state index in [1.165, 1.54) is 6.07 Å². The fourth-order valence-corrected chi connectivity index (χ4v) is 1.59. The number of rotatable bonds is 3. The number of hydrogen-bond donors (Lipinski definition) is 2. The fourth-order valence-electron chi connectivity index (χ4n) is 1.59. The largest absolute Gasteiger partial charge is 0.478 e. The summed E-state index contributed by atoms with van der Waals surface area (Å²) in [7, 11) is 0. The second-order valence-corrected chi connectivity index (χ2v) is 3.10. The Morgan fingerprint density at radius 2 is 2.27 bits per heavy atom. The van der Waals surface area contributed by atoms with Crippen molar-refractivity contribution < 1.29 is 9.90 Å². The van der Waals surface area contributed by atoms with Crippen LogP contribution < -0.4 is 5.73 Å². The summed E-state index contributed by atoms with van der Waals surface area (Å²) in [4.78, 5) is 10.9. The van der Waals surface area contributed by atoms with E-state index in [4.69, 9.17) is 16.1 Å². The molecule has 0 amide bonds. The van der Waals surface area contributed by atoms with Gasteiger partial charge in [-0.1, -0.05) is 13.0 Å². The van der Waals surface area contributed by atoms with Crippen molar-refractivity contribution in [2.45, 2.75) is 19.9 Å². The summed E-state index contributed by atoms with van der Waals surface area (Å²) >= 11 is 0. The van der Waals surface area contributed by atoms with Crippen LogP contribution in [0.25, 0.3) is 0 Å². The Hall–Kier alpha value is -1.86. The van der Waals surface area contributed by atoms with Gasteiger partial charge in [-0.15, -0.1) is 0 Å². The lowest BCUT2D eigenvalue weighted by Crippen LogP contribution is -2.08. The summed E-state index contributed by atoms with van der Waals surface area (Å²) in [6.07, 6.45) is 0.608. The van der Waals surface area contributed by atoms with Crippen LogP contribution in [-0.4, -0.2) is 11.1 Å². The Balaban J connectivity index is 3.50. The number of aromatic carboxylic acids is 1. The molecule has 0 heterocycles. The van der Waals surface area contributed by atoms with Crippen LogP contribution in [0.5, 0.6) is 0 Å². The van der Waals surface area contributed by atoms with Gasteiger partial charge in [0.2, 0.25) is 0 Å². The van der Waals surface area contributed by atoms with Crippen molar-refractivity contribution in [2.24, 2.45) is 5.73 Å². The topological polar surface area (TPSA) is 87.1 Å². The number of nitrogens with two attached hydrogens (primary N) is 1. The van der Waals surface area contributed by atoms with Gasteiger partial charge in [0.15, 0.2) is 0 Å². The number of nitrogens with zero attached hydrogens (tertiary/aromatic N) is 1. The fraction of sp³-hybridized carbons (Fsp3) is 0.273. The van der Waals surface area contributed by atoms with Crippen LogP contribution in [-0.2, 0) is 13.0 Å². The lowest BCUT2D eigenvalue weighted by Gasteiger charge is -2.09. The van der Waals surface area contributed by atoms with E-state index in [9.17, 15) is 4.79 Å². The third kappa shape index (κ3) is 1.97. The van der Waals surface area contributed by atoms with Crippen molar-refractivity contribution in [3.05, 3.63) is 34.4 Å². The summed E-state index contributed by atoms with van der Waals surface area (Å²) < 4.78 is 0. The maximum Gasteiger partial charge on any atom is 0.337 e. The SMILES string of the molecule is CCc1c(CN)ccc(C(=O)O)c1C#N. The highest BCUT2D eigenvalue weighted by Gasteiger charge is 2.15. The van der Waals surface area contributed by atoms with Crippen LogP contribution in [0.4, 0.5) is 0 Å². The highest BCUT2D eigenvalue weighted by Crippen LogP contribution is 2.19. The molecule has 1 rings (SSSR count). The minimum Gasteiger partial charge on any atom is -0.478 e. The molecule has 0 aliphatic rings. The van der Waals surface area contributed by atoms with Gasteiger partial charge in [-0.25, -0.2) is 4.79 Å². The molecule has 0 spiro atoms. The maximum atomic E-state index is 10.9. The number of carbonyl (C=O) groups is 1. The minimum absolute atomic E-state index is 0.0477. The van der Waals surface area contributed by atoms with Crippen molar-refractivity contribution >= 4 is 5.97 Å². The van der Waals surface area contributed by atoms with Gasteiger partial charge >= 0.3 is 5.97 Å². The molecule has 0 fully saturated rings. The molecule has 4 heteroatoms. The summed E-state index contributed by atoms with van der Waals surface area (Å²) in [6, 6.07) is 5.04. The first-order valence-corrected chi connectivity index (χ1v) is 4.63. The van der Waals surface area contributed by atoms with Crippen molar-refractivity contribution in [1.29, 1.82) is 5.26 Å². The normalized spacial score (nSPS) is 9.67. The first kappa shape index (κ1) is 11.2. The quantitative estimate of drug-likeness (QED) is 0.776. The third-order valence-electron chi connectivity index (χ3n) is 2.33. The van der Waals surface area contributed by atoms with E-state index in [0.717, 1.165) is 11.1 Å². The van der Waals surface area contributed by atoms with Gasteiger partial charge in [-0.3, -0.25) is 0 Å². The van der Waals surface area contributed by atoms with E-state index in [-0.39, 0.29) is 11.1 Å². The van der Waals surface area contributed by atoms with Gasteiger partial charge < -0.3 is 10.8 Å². The summed E-state index contributed by atoms with van der Waals surface area (Å²) in [5.74, 6) is -1.08. The highest BCUT2D eigenvalue weighted by molar-refractivity contribution is 5.91. The molecule has 0 aliphatic heterocycles. The molecule has 4 nitrogen and oxygen atoms in total. The summed E-state index contributed by atoms with van der Waals surface area (Å²) in [5.41, 5.74) is 7.36. The van der Waals surface area contributed by atoms with Crippen LogP contribution in [0.2, 0.25) is 0 Å². The number of hydrogen-bond acceptors (Lipinski definition) is 3. The molecule has 0 aromatic heterocycles. The zero-order chi connectivity index (χ0) is 11.4. The first-order valence-electron chi connectivity index (χ1n) is 4.63.